The number of carbonyl (C=O) groups is 3. The molecule has 37 heavy (non-hydrogen) atoms. The topological polar surface area (TPSA) is 108 Å². The van der Waals surface area contributed by atoms with E-state index in [-0.39, 0.29) is 24.3 Å². The molecule has 8 nitrogen and oxygen atoms in total. The Bertz CT molecular complexity index is 1170. The molecular formula is C28H32ClN3O5. The summed E-state index contributed by atoms with van der Waals surface area (Å²) in [4.78, 5) is 42.9. The van der Waals surface area contributed by atoms with Crippen molar-refractivity contribution >= 4 is 40.7 Å². The van der Waals surface area contributed by atoms with E-state index < -0.39 is 41.5 Å². The molecule has 6 atom stereocenters. The van der Waals surface area contributed by atoms with Crippen LogP contribution in [-0.2, 0) is 19.1 Å². The Labute approximate surface area is 221 Å². The van der Waals surface area contributed by atoms with Crippen LogP contribution in [0.25, 0.3) is 0 Å². The second-order valence-electron chi connectivity index (χ2n) is 10.6. The minimum Gasteiger partial charge on any atom is -0.394 e. The highest BCUT2D eigenvalue weighted by atomic mass is 35.5. The maximum atomic E-state index is 14.1. The second kappa shape index (κ2) is 10.1. The predicted molar refractivity (Wildman–Crippen MR) is 140 cm³/mol. The van der Waals surface area contributed by atoms with Gasteiger partial charge in [0.05, 0.1) is 30.6 Å². The van der Waals surface area contributed by atoms with E-state index in [4.69, 9.17) is 16.3 Å². The van der Waals surface area contributed by atoms with Crippen molar-refractivity contribution in [2.24, 2.45) is 17.8 Å². The number of ether oxygens (including phenoxy) is 1. The molecule has 0 saturated carbocycles. The van der Waals surface area contributed by atoms with Gasteiger partial charge in [-0.2, -0.15) is 0 Å². The summed E-state index contributed by atoms with van der Waals surface area (Å²) < 4.78 is 6.46. The van der Waals surface area contributed by atoms with Crippen molar-refractivity contribution < 1.29 is 24.2 Å². The lowest BCUT2D eigenvalue weighted by Crippen LogP contribution is -2.56. The number of hydrogen-bond acceptors (Lipinski definition) is 5. The van der Waals surface area contributed by atoms with Crippen molar-refractivity contribution in [3.05, 3.63) is 59.6 Å². The Morgan fingerprint density at radius 3 is 2.38 bits per heavy atom. The Kier molecular flexibility index (Phi) is 7.00. The summed E-state index contributed by atoms with van der Waals surface area (Å²) in [6.45, 7) is 3.72. The number of hydrogen-bond donors (Lipinski definition) is 3. The first-order valence-corrected chi connectivity index (χ1v) is 13.2. The van der Waals surface area contributed by atoms with E-state index in [1.807, 2.05) is 32.0 Å². The molecule has 3 heterocycles. The molecule has 2 aromatic carbocycles. The van der Waals surface area contributed by atoms with Gasteiger partial charge >= 0.3 is 0 Å². The Morgan fingerprint density at radius 2 is 1.73 bits per heavy atom. The summed E-state index contributed by atoms with van der Waals surface area (Å²) in [6, 6.07) is 14.3. The molecular weight excluding hydrogens is 494 g/mol. The molecule has 9 heteroatoms. The third-order valence-corrected chi connectivity index (χ3v) is 8.04. The Balaban J connectivity index is 1.50. The van der Waals surface area contributed by atoms with E-state index >= 15 is 0 Å². The van der Waals surface area contributed by atoms with Gasteiger partial charge in [-0.1, -0.05) is 43.6 Å². The number of amides is 3. The van der Waals surface area contributed by atoms with Gasteiger partial charge in [-0.15, -0.1) is 0 Å². The molecule has 3 saturated heterocycles. The second-order valence-corrected chi connectivity index (χ2v) is 11.1. The van der Waals surface area contributed by atoms with Gasteiger partial charge in [0.15, 0.2) is 0 Å². The molecule has 0 aromatic heterocycles. The number of nitrogens with zero attached hydrogens (tertiary/aromatic N) is 1. The minimum atomic E-state index is -1.14. The number of aliphatic hydroxyl groups is 1. The molecule has 3 aliphatic rings. The molecule has 2 bridgehead atoms. The Morgan fingerprint density at radius 1 is 1.08 bits per heavy atom. The molecule has 5 rings (SSSR count). The van der Waals surface area contributed by atoms with E-state index in [1.54, 1.807) is 36.4 Å². The molecule has 3 fully saturated rings. The van der Waals surface area contributed by atoms with Crippen LogP contribution in [0.1, 0.15) is 33.1 Å². The van der Waals surface area contributed by atoms with Crippen LogP contribution in [-0.4, -0.2) is 58.1 Å². The zero-order valence-electron chi connectivity index (χ0n) is 20.9. The lowest BCUT2D eigenvalue weighted by Gasteiger charge is -2.37. The van der Waals surface area contributed by atoms with E-state index in [0.717, 1.165) is 0 Å². The summed E-state index contributed by atoms with van der Waals surface area (Å²) in [5, 5.41) is 16.7. The first-order valence-electron chi connectivity index (χ1n) is 12.8. The Hall–Kier alpha value is -2.94. The van der Waals surface area contributed by atoms with Crippen LogP contribution in [0.5, 0.6) is 0 Å². The predicted octanol–water partition coefficient (Wildman–Crippen LogP) is 3.70. The molecule has 1 spiro atoms. The smallest absolute Gasteiger partial charge is 0.250 e. The fourth-order valence-electron chi connectivity index (χ4n) is 6.40. The minimum absolute atomic E-state index is 0.178. The number of fused-ring (bicyclic) bond motifs is 1. The number of carbonyl (C=O) groups excluding carboxylic acids is 3. The summed E-state index contributed by atoms with van der Waals surface area (Å²) in [6.07, 6.45) is 1.12. The van der Waals surface area contributed by atoms with Crippen LogP contribution in [0.2, 0.25) is 5.02 Å². The standard InChI is InChI=1S/C28H32ClN3O5/c1-16(2)14-20(15-33)32-24(26(35)31-19-10-8-17(29)9-11-19)28-13-12-21(37-28)22(23(28)27(32)36)25(34)30-18-6-4-3-5-7-18/h3-11,16,20-24,33H,12-15H2,1-2H3,(H,30,34)(H,31,35)/t20-,21-,22+,23+,24?,28?/m1/s1. The number of anilines is 2. The van der Waals surface area contributed by atoms with Crippen LogP contribution >= 0.6 is 11.6 Å². The normalized spacial score (nSPS) is 28.9. The number of benzene rings is 2. The lowest BCUT2D eigenvalue weighted by atomic mass is 9.70. The van der Waals surface area contributed by atoms with Crippen molar-refractivity contribution in [2.75, 3.05) is 17.2 Å². The highest BCUT2D eigenvalue weighted by molar-refractivity contribution is 6.30. The van der Waals surface area contributed by atoms with Crippen molar-refractivity contribution in [2.45, 2.75) is 56.9 Å². The lowest BCUT2D eigenvalue weighted by molar-refractivity contribution is -0.143. The number of para-hydroxylation sites is 1. The van der Waals surface area contributed by atoms with Crippen LogP contribution in [0.4, 0.5) is 11.4 Å². The van der Waals surface area contributed by atoms with E-state index in [1.165, 1.54) is 4.90 Å². The summed E-state index contributed by atoms with van der Waals surface area (Å²) in [5.41, 5.74) is 0.0371. The van der Waals surface area contributed by atoms with Crippen LogP contribution in [0.15, 0.2) is 54.6 Å². The van der Waals surface area contributed by atoms with Gasteiger partial charge in [0.1, 0.15) is 11.6 Å². The first kappa shape index (κ1) is 25.7. The molecule has 0 aliphatic carbocycles. The van der Waals surface area contributed by atoms with Gasteiger partial charge in [0, 0.05) is 16.4 Å². The van der Waals surface area contributed by atoms with Crippen molar-refractivity contribution in [1.29, 1.82) is 0 Å². The summed E-state index contributed by atoms with van der Waals surface area (Å²) in [5.74, 6) is -2.36. The average Bonchev–Trinajstić information content (AvgIpc) is 3.52. The van der Waals surface area contributed by atoms with Gasteiger partial charge < -0.3 is 25.4 Å². The number of aliphatic hydroxyl groups excluding tert-OH is 1. The SMILES string of the molecule is CC(C)C[C@H](CO)N1C(=O)[C@@H]2[C@@H](C(=O)Nc3ccccc3)[C@H]3CCC2(O3)C1C(=O)Nc1ccc(Cl)cc1. The quantitative estimate of drug-likeness (QED) is 0.487. The molecule has 3 amide bonds. The van der Waals surface area contributed by atoms with E-state index in [2.05, 4.69) is 10.6 Å². The molecule has 0 radical (unpaired) electrons. The largest absolute Gasteiger partial charge is 0.394 e. The van der Waals surface area contributed by atoms with Crippen LogP contribution < -0.4 is 10.6 Å². The van der Waals surface area contributed by atoms with Crippen LogP contribution in [0.3, 0.4) is 0 Å². The third-order valence-electron chi connectivity index (χ3n) is 7.79. The van der Waals surface area contributed by atoms with Crippen molar-refractivity contribution in [3.8, 4) is 0 Å². The molecule has 196 valence electrons. The van der Waals surface area contributed by atoms with Gasteiger partial charge in [0.25, 0.3) is 0 Å². The highest BCUT2D eigenvalue weighted by Gasteiger charge is 2.75. The number of rotatable bonds is 8. The maximum Gasteiger partial charge on any atom is 0.250 e. The maximum absolute atomic E-state index is 14.1. The zero-order chi connectivity index (χ0) is 26.3. The summed E-state index contributed by atoms with van der Waals surface area (Å²) >= 11 is 6.00. The van der Waals surface area contributed by atoms with Crippen LogP contribution in [0, 0.1) is 17.8 Å². The van der Waals surface area contributed by atoms with Gasteiger partial charge in [-0.05, 0) is 61.6 Å². The average molecular weight is 526 g/mol. The fraction of sp³-hybridized carbons (Fsp3) is 0.464. The monoisotopic (exact) mass is 525 g/mol. The van der Waals surface area contributed by atoms with Crippen molar-refractivity contribution in [1.82, 2.24) is 4.90 Å². The first-order chi connectivity index (χ1) is 17.7. The molecule has 3 N–H and O–H groups in total. The fourth-order valence-corrected chi connectivity index (χ4v) is 6.52. The van der Waals surface area contributed by atoms with E-state index in [9.17, 15) is 19.5 Å². The molecule has 2 unspecified atom stereocenters. The molecule has 2 aromatic rings. The zero-order valence-corrected chi connectivity index (χ0v) is 21.6. The van der Waals surface area contributed by atoms with Gasteiger partial charge in [0.2, 0.25) is 17.7 Å². The number of likely N-dealkylation sites (tertiary alicyclic amines) is 1. The number of halogens is 1. The van der Waals surface area contributed by atoms with Gasteiger partial charge in [-0.25, -0.2) is 0 Å². The van der Waals surface area contributed by atoms with E-state index in [0.29, 0.717) is 35.7 Å². The highest BCUT2D eigenvalue weighted by Crippen LogP contribution is 2.59. The molecule has 3 aliphatic heterocycles. The van der Waals surface area contributed by atoms with Gasteiger partial charge in [-0.3, -0.25) is 14.4 Å². The third kappa shape index (κ3) is 4.51. The number of nitrogens with one attached hydrogen (secondary N) is 2. The summed E-state index contributed by atoms with van der Waals surface area (Å²) in [7, 11) is 0. The van der Waals surface area contributed by atoms with Crippen molar-refractivity contribution in [3.63, 3.8) is 0 Å².